The van der Waals surface area contributed by atoms with Gasteiger partial charge in [0, 0.05) is 18.6 Å². The maximum Gasteiger partial charge on any atom is 0.243 e. The SMILES string of the molecule is CN(Cc1ccc(O)cc1)S(=O)(=O)c1ccc(Cl)cc1. The highest BCUT2D eigenvalue weighted by Gasteiger charge is 2.20. The Morgan fingerprint density at radius 2 is 1.60 bits per heavy atom. The molecule has 0 aliphatic rings. The Balaban J connectivity index is 2.21. The molecule has 0 fully saturated rings. The van der Waals surface area contributed by atoms with E-state index in [0.29, 0.717) is 5.02 Å². The Hall–Kier alpha value is -1.56. The van der Waals surface area contributed by atoms with Crippen molar-refractivity contribution in [3.05, 3.63) is 59.1 Å². The zero-order valence-corrected chi connectivity index (χ0v) is 12.4. The first-order chi connectivity index (χ1) is 9.39. The third kappa shape index (κ3) is 3.30. The summed E-state index contributed by atoms with van der Waals surface area (Å²) in [5.74, 6) is 0.150. The molecule has 0 aromatic heterocycles. The van der Waals surface area contributed by atoms with Crippen LogP contribution in [0, 0.1) is 0 Å². The summed E-state index contributed by atoms with van der Waals surface area (Å²) in [5.41, 5.74) is 0.794. The molecule has 4 nitrogen and oxygen atoms in total. The summed E-state index contributed by atoms with van der Waals surface area (Å²) in [6, 6.07) is 12.5. The minimum Gasteiger partial charge on any atom is -0.508 e. The lowest BCUT2D eigenvalue weighted by atomic mass is 10.2. The van der Waals surface area contributed by atoms with Crippen molar-refractivity contribution < 1.29 is 13.5 Å². The van der Waals surface area contributed by atoms with Crippen LogP contribution in [-0.2, 0) is 16.6 Å². The number of halogens is 1. The van der Waals surface area contributed by atoms with E-state index < -0.39 is 10.0 Å². The van der Waals surface area contributed by atoms with E-state index in [1.54, 1.807) is 24.3 Å². The zero-order valence-electron chi connectivity index (χ0n) is 10.8. The second kappa shape index (κ2) is 5.83. The van der Waals surface area contributed by atoms with Crippen molar-refractivity contribution in [1.29, 1.82) is 0 Å². The summed E-state index contributed by atoms with van der Waals surface area (Å²) in [5, 5.41) is 9.70. The Bertz CT molecular complexity index is 681. The van der Waals surface area contributed by atoms with Gasteiger partial charge in [-0.1, -0.05) is 23.7 Å². The van der Waals surface area contributed by atoms with Gasteiger partial charge in [-0.3, -0.25) is 0 Å². The number of aromatic hydroxyl groups is 1. The highest BCUT2D eigenvalue weighted by Crippen LogP contribution is 2.19. The number of sulfonamides is 1. The Kier molecular flexibility index (Phi) is 4.32. The van der Waals surface area contributed by atoms with Crippen LogP contribution in [-0.4, -0.2) is 24.9 Å². The number of hydrogen-bond donors (Lipinski definition) is 1. The van der Waals surface area contributed by atoms with E-state index in [0.717, 1.165) is 5.56 Å². The highest BCUT2D eigenvalue weighted by atomic mass is 35.5. The molecule has 0 atom stereocenters. The molecule has 0 heterocycles. The fraction of sp³-hybridized carbons (Fsp3) is 0.143. The smallest absolute Gasteiger partial charge is 0.243 e. The molecule has 0 radical (unpaired) electrons. The first-order valence-electron chi connectivity index (χ1n) is 5.89. The van der Waals surface area contributed by atoms with Crippen LogP contribution in [0.25, 0.3) is 0 Å². The van der Waals surface area contributed by atoms with E-state index >= 15 is 0 Å². The van der Waals surface area contributed by atoms with Crippen LogP contribution in [0.1, 0.15) is 5.56 Å². The van der Waals surface area contributed by atoms with E-state index in [2.05, 4.69) is 0 Å². The topological polar surface area (TPSA) is 57.6 Å². The van der Waals surface area contributed by atoms with E-state index in [-0.39, 0.29) is 17.2 Å². The second-order valence-corrected chi connectivity index (χ2v) is 6.86. The molecule has 0 saturated carbocycles. The van der Waals surface area contributed by atoms with Crippen molar-refractivity contribution >= 4 is 21.6 Å². The fourth-order valence-corrected chi connectivity index (χ4v) is 3.01. The lowest BCUT2D eigenvalue weighted by molar-refractivity contribution is 0.463. The zero-order chi connectivity index (χ0) is 14.8. The maximum absolute atomic E-state index is 12.3. The lowest BCUT2D eigenvalue weighted by Crippen LogP contribution is -2.26. The van der Waals surface area contributed by atoms with Crippen molar-refractivity contribution in [1.82, 2.24) is 4.31 Å². The van der Waals surface area contributed by atoms with E-state index in [1.165, 1.54) is 35.6 Å². The van der Waals surface area contributed by atoms with Crippen molar-refractivity contribution in [2.24, 2.45) is 0 Å². The summed E-state index contributed by atoms with van der Waals surface area (Å²) >= 11 is 5.75. The van der Waals surface area contributed by atoms with E-state index in [4.69, 9.17) is 11.6 Å². The normalized spacial score (nSPS) is 11.8. The van der Waals surface area contributed by atoms with Crippen molar-refractivity contribution in [3.8, 4) is 5.75 Å². The number of nitrogens with zero attached hydrogens (tertiary/aromatic N) is 1. The Labute approximate surface area is 123 Å². The van der Waals surface area contributed by atoms with Gasteiger partial charge in [0.2, 0.25) is 10.0 Å². The Morgan fingerprint density at radius 3 is 2.15 bits per heavy atom. The molecule has 0 aliphatic heterocycles. The summed E-state index contributed by atoms with van der Waals surface area (Å²) < 4.78 is 25.9. The van der Waals surface area contributed by atoms with Crippen molar-refractivity contribution in [2.45, 2.75) is 11.4 Å². The molecule has 6 heteroatoms. The lowest BCUT2D eigenvalue weighted by Gasteiger charge is -2.17. The van der Waals surface area contributed by atoms with Crippen LogP contribution < -0.4 is 0 Å². The number of phenols is 1. The first-order valence-corrected chi connectivity index (χ1v) is 7.71. The maximum atomic E-state index is 12.3. The summed E-state index contributed by atoms with van der Waals surface area (Å²) in [4.78, 5) is 0.197. The van der Waals surface area contributed by atoms with Gasteiger partial charge in [-0.2, -0.15) is 4.31 Å². The molecule has 1 N–H and O–H groups in total. The quantitative estimate of drug-likeness (QED) is 0.944. The van der Waals surface area contributed by atoms with Crippen LogP contribution in [0.5, 0.6) is 5.75 Å². The van der Waals surface area contributed by atoms with Crippen LogP contribution >= 0.6 is 11.6 Å². The molecule has 106 valence electrons. The van der Waals surface area contributed by atoms with Gasteiger partial charge in [0.1, 0.15) is 5.75 Å². The predicted molar refractivity (Wildman–Crippen MR) is 78.2 cm³/mol. The van der Waals surface area contributed by atoms with Crippen LogP contribution in [0.15, 0.2) is 53.4 Å². The molecule has 2 aromatic carbocycles. The van der Waals surface area contributed by atoms with Crippen molar-refractivity contribution in [3.63, 3.8) is 0 Å². The molecule has 0 saturated heterocycles. The molecular weight excluding hydrogens is 298 g/mol. The van der Waals surface area contributed by atoms with Crippen LogP contribution in [0.3, 0.4) is 0 Å². The molecule has 2 aromatic rings. The molecule has 0 unspecified atom stereocenters. The number of rotatable bonds is 4. The number of phenolic OH excluding ortho intramolecular Hbond substituents is 1. The molecular formula is C14H14ClNO3S. The van der Waals surface area contributed by atoms with Gasteiger partial charge in [0.15, 0.2) is 0 Å². The standard InChI is InChI=1S/C14H14ClNO3S/c1-16(10-11-2-6-13(17)7-3-11)20(18,19)14-8-4-12(15)5-9-14/h2-9,17H,10H2,1H3. The van der Waals surface area contributed by atoms with Gasteiger partial charge in [0.25, 0.3) is 0 Å². The summed E-state index contributed by atoms with van der Waals surface area (Å²) in [6.45, 7) is 0.227. The van der Waals surface area contributed by atoms with Crippen LogP contribution in [0.2, 0.25) is 5.02 Å². The van der Waals surface area contributed by atoms with Gasteiger partial charge < -0.3 is 5.11 Å². The Morgan fingerprint density at radius 1 is 1.05 bits per heavy atom. The van der Waals surface area contributed by atoms with Gasteiger partial charge in [-0.05, 0) is 42.0 Å². The van der Waals surface area contributed by atoms with Gasteiger partial charge in [-0.25, -0.2) is 8.42 Å². The van der Waals surface area contributed by atoms with Gasteiger partial charge in [-0.15, -0.1) is 0 Å². The number of benzene rings is 2. The highest BCUT2D eigenvalue weighted by molar-refractivity contribution is 7.89. The minimum atomic E-state index is -3.55. The molecule has 2 rings (SSSR count). The largest absolute Gasteiger partial charge is 0.508 e. The van der Waals surface area contributed by atoms with E-state index in [9.17, 15) is 13.5 Å². The predicted octanol–water partition coefficient (Wildman–Crippen LogP) is 2.87. The molecule has 0 spiro atoms. The van der Waals surface area contributed by atoms with Crippen LogP contribution in [0.4, 0.5) is 0 Å². The monoisotopic (exact) mass is 311 g/mol. The summed E-state index contributed by atoms with van der Waals surface area (Å²) in [6.07, 6.45) is 0. The second-order valence-electron chi connectivity index (χ2n) is 4.38. The molecule has 20 heavy (non-hydrogen) atoms. The van der Waals surface area contributed by atoms with Gasteiger partial charge in [0.05, 0.1) is 4.90 Å². The number of hydrogen-bond acceptors (Lipinski definition) is 3. The summed E-state index contributed by atoms with van der Waals surface area (Å²) in [7, 11) is -2.04. The van der Waals surface area contributed by atoms with Crippen molar-refractivity contribution in [2.75, 3.05) is 7.05 Å². The van der Waals surface area contributed by atoms with Gasteiger partial charge >= 0.3 is 0 Å². The molecule has 0 amide bonds. The average Bonchev–Trinajstić information content (AvgIpc) is 2.42. The van der Waals surface area contributed by atoms with E-state index in [1.807, 2.05) is 0 Å². The average molecular weight is 312 g/mol. The molecule has 0 aliphatic carbocycles. The third-order valence-corrected chi connectivity index (χ3v) is 4.93. The third-order valence-electron chi connectivity index (χ3n) is 2.86. The minimum absolute atomic E-state index is 0.150. The fourth-order valence-electron chi connectivity index (χ4n) is 1.73. The molecule has 0 bridgehead atoms. The first kappa shape index (κ1) is 14.8.